The topological polar surface area (TPSA) is 64.6 Å². The maximum absolute atomic E-state index is 12.5. The van der Waals surface area contributed by atoms with Gasteiger partial charge in [-0.1, -0.05) is 30.3 Å². The highest BCUT2D eigenvalue weighted by Crippen LogP contribution is 2.40. The van der Waals surface area contributed by atoms with Crippen molar-refractivity contribution < 1.29 is 19.1 Å². The van der Waals surface area contributed by atoms with Gasteiger partial charge in [0.15, 0.2) is 0 Å². The zero-order valence-corrected chi connectivity index (χ0v) is 14.2. The molecule has 1 N–H and O–H groups in total. The van der Waals surface area contributed by atoms with E-state index < -0.39 is 23.2 Å². The van der Waals surface area contributed by atoms with E-state index in [-0.39, 0.29) is 12.5 Å². The van der Waals surface area contributed by atoms with Gasteiger partial charge in [-0.3, -0.25) is 0 Å². The normalized spacial score (nSPS) is 17.0. The molecule has 0 heterocycles. The van der Waals surface area contributed by atoms with E-state index in [1.54, 1.807) is 27.7 Å². The Balaban J connectivity index is 1.98. The Morgan fingerprint density at radius 3 is 2.26 bits per heavy atom. The number of benzene rings is 1. The molecule has 0 saturated heterocycles. The van der Waals surface area contributed by atoms with Gasteiger partial charge in [-0.05, 0) is 52.0 Å². The van der Waals surface area contributed by atoms with E-state index in [9.17, 15) is 9.59 Å². The Hall–Kier alpha value is -2.04. The quantitative estimate of drug-likeness (QED) is 0.845. The third-order valence-electron chi connectivity index (χ3n) is 3.79. The first-order valence-corrected chi connectivity index (χ1v) is 7.93. The molecule has 23 heavy (non-hydrogen) atoms. The number of carbonyl (C=O) groups excluding carboxylic acids is 2. The van der Waals surface area contributed by atoms with Crippen LogP contribution < -0.4 is 5.32 Å². The summed E-state index contributed by atoms with van der Waals surface area (Å²) in [5, 5.41) is 2.71. The molecule has 5 heteroatoms. The molecule has 126 valence electrons. The molecule has 1 aliphatic carbocycles. The van der Waals surface area contributed by atoms with Gasteiger partial charge in [0.25, 0.3) is 0 Å². The third kappa shape index (κ3) is 4.98. The predicted octanol–water partition coefficient (Wildman–Crippen LogP) is 3.42. The Morgan fingerprint density at radius 2 is 1.74 bits per heavy atom. The van der Waals surface area contributed by atoms with Crippen LogP contribution in [0.4, 0.5) is 4.79 Å². The first-order chi connectivity index (χ1) is 10.7. The standard InChI is InChI=1S/C18H25NO4/c1-17(2,3)23-16(21)19-18(4,14-10-11-14)15(20)22-12-13-8-6-5-7-9-13/h5-9,14H,10-12H2,1-4H3,(H,19,21)/t18-/m0/s1. The largest absolute Gasteiger partial charge is 0.459 e. The molecule has 0 aromatic heterocycles. The van der Waals surface area contributed by atoms with Crippen LogP contribution in [0.2, 0.25) is 0 Å². The number of rotatable bonds is 5. The summed E-state index contributed by atoms with van der Waals surface area (Å²) in [7, 11) is 0. The summed E-state index contributed by atoms with van der Waals surface area (Å²) >= 11 is 0. The molecule has 1 aromatic rings. The smallest absolute Gasteiger partial charge is 0.408 e. The molecule has 1 aliphatic rings. The van der Waals surface area contributed by atoms with Crippen molar-refractivity contribution in [3.05, 3.63) is 35.9 Å². The number of esters is 1. The number of carbonyl (C=O) groups is 2. The van der Waals surface area contributed by atoms with E-state index in [0.29, 0.717) is 0 Å². The third-order valence-corrected chi connectivity index (χ3v) is 3.79. The first kappa shape index (κ1) is 17.3. The highest BCUT2D eigenvalue weighted by Gasteiger charge is 2.50. The zero-order valence-electron chi connectivity index (χ0n) is 14.2. The van der Waals surface area contributed by atoms with Crippen LogP contribution in [0.15, 0.2) is 30.3 Å². The van der Waals surface area contributed by atoms with Crippen molar-refractivity contribution in [2.45, 2.75) is 58.3 Å². The minimum absolute atomic E-state index is 0.0956. The number of amides is 1. The minimum Gasteiger partial charge on any atom is -0.459 e. The van der Waals surface area contributed by atoms with E-state index in [4.69, 9.17) is 9.47 Å². The van der Waals surface area contributed by atoms with E-state index in [1.165, 1.54) is 0 Å². The second kappa shape index (κ2) is 6.60. The Bertz CT molecular complexity index is 560. The zero-order chi connectivity index (χ0) is 17.1. The van der Waals surface area contributed by atoms with Gasteiger partial charge in [-0.2, -0.15) is 0 Å². The van der Waals surface area contributed by atoms with Gasteiger partial charge in [-0.25, -0.2) is 9.59 Å². The van der Waals surface area contributed by atoms with Crippen LogP contribution in [-0.4, -0.2) is 23.2 Å². The van der Waals surface area contributed by atoms with Crippen molar-refractivity contribution in [2.24, 2.45) is 5.92 Å². The molecule has 0 bridgehead atoms. The highest BCUT2D eigenvalue weighted by atomic mass is 16.6. The number of hydrogen-bond acceptors (Lipinski definition) is 4. The predicted molar refractivity (Wildman–Crippen MR) is 86.7 cm³/mol. The number of hydrogen-bond donors (Lipinski definition) is 1. The van der Waals surface area contributed by atoms with Gasteiger partial charge in [0.1, 0.15) is 17.7 Å². The molecule has 2 rings (SSSR count). The van der Waals surface area contributed by atoms with Gasteiger partial charge < -0.3 is 14.8 Å². The SMILES string of the molecule is CC(C)(C)OC(=O)N[C@](C)(C(=O)OCc1ccccc1)C1CC1. The van der Waals surface area contributed by atoms with E-state index >= 15 is 0 Å². The molecule has 1 atom stereocenters. The van der Waals surface area contributed by atoms with Gasteiger partial charge in [0.05, 0.1) is 0 Å². The fourth-order valence-corrected chi connectivity index (χ4v) is 2.37. The summed E-state index contributed by atoms with van der Waals surface area (Å²) < 4.78 is 10.7. The van der Waals surface area contributed by atoms with Crippen LogP contribution >= 0.6 is 0 Å². The van der Waals surface area contributed by atoms with E-state index in [1.807, 2.05) is 30.3 Å². The van der Waals surface area contributed by atoms with Crippen LogP contribution in [-0.2, 0) is 20.9 Å². The summed E-state index contributed by atoms with van der Waals surface area (Å²) in [5.41, 5.74) is -0.740. The summed E-state index contributed by atoms with van der Waals surface area (Å²) in [6.45, 7) is 7.26. The van der Waals surface area contributed by atoms with Crippen LogP contribution in [0.3, 0.4) is 0 Å². The van der Waals surface area contributed by atoms with Gasteiger partial charge >= 0.3 is 12.1 Å². The van der Waals surface area contributed by atoms with Crippen molar-refractivity contribution in [2.75, 3.05) is 0 Å². The van der Waals surface area contributed by atoms with Gasteiger partial charge in [0.2, 0.25) is 0 Å². The summed E-state index contributed by atoms with van der Waals surface area (Å²) in [4.78, 5) is 24.6. The van der Waals surface area contributed by atoms with E-state index in [0.717, 1.165) is 18.4 Å². The molecule has 1 aromatic carbocycles. The van der Waals surface area contributed by atoms with Crippen LogP contribution in [0.5, 0.6) is 0 Å². The molecular weight excluding hydrogens is 294 g/mol. The molecule has 1 fully saturated rings. The summed E-state index contributed by atoms with van der Waals surface area (Å²) in [6, 6.07) is 9.47. The first-order valence-electron chi connectivity index (χ1n) is 7.93. The second-order valence-corrected chi connectivity index (χ2v) is 7.17. The monoisotopic (exact) mass is 319 g/mol. The van der Waals surface area contributed by atoms with Crippen molar-refractivity contribution in [3.8, 4) is 0 Å². The lowest BCUT2D eigenvalue weighted by atomic mass is 9.96. The second-order valence-electron chi connectivity index (χ2n) is 7.17. The van der Waals surface area contributed by atoms with Gasteiger partial charge in [-0.15, -0.1) is 0 Å². The molecule has 1 amide bonds. The molecule has 0 unspecified atom stereocenters. The average Bonchev–Trinajstić information content (AvgIpc) is 3.28. The Morgan fingerprint density at radius 1 is 1.13 bits per heavy atom. The summed E-state index contributed by atoms with van der Waals surface area (Å²) in [5.74, 6) is -0.326. The lowest BCUT2D eigenvalue weighted by Crippen LogP contribution is -2.55. The Labute approximate surface area is 137 Å². The Kier molecular flexibility index (Phi) is 4.97. The average molecular weight is 319 g/mol. The van der Waals surface area contributed by atoms with Crippen LogP contribution in [0.1, 0.15) is 46.1 Å². The van der Waals surface area contributed by atoms with Crippen molar-refractivity contribution in [1.29, 1.82) is 0 Å². The lowest BCUT2D eigenvalue weighted by Gasteiger charge is -2.30. The molecule has 0 aliphatic heterocycles. The summed E-state index contributed by atoms with van der Waals surface area (Å²) in [6.07, 6.45) is 1.20. The fourth-order valence-electron chi connectivity index (χ4n) is 2.37. The lowest BCUT2D eigenvalue weighted by molar-refractivity contribution is -0.153. The molecule has 0 radical (unpaired) electrons. The molecule has 0 spiro atoms. The number of alkyl carbamates (subject to hydrolysis) is 1. The van der Waals surface area contributed by atoms with Crippen molar-refractivity contribution in [1.82, 2.24) is 5.32 Å². The molecular formula is C18H25NO4. The van der Waals surface area contributed by atoms with Gasteiger partial charge in [0, 0.05) is 0 Å². The maximum Gasteiger partial charge on any atom is 0.408 e. The number of ether oxygens (including phenoxy) is 2. The molecule has 5 nitrogen and oxygen atoms in total. The van der Waals surface area contributed by atoms with Crippen molar-refractivity contribution in [3.63, 3.8) is 0 Å². The minimum atomic E-state index is -1.04. The highest BCUT2D eigenvalue weighted by molar-refractivity contribution is 5.86. The number of nitrogens with one attached hydrogen (secondary N) is 1. The maximum atomic E-state index is 12.5. The fraction of sp³-hybridized carbons (Fsp3) is 0.556. The molecule has 1 saturated carbocycles. The van der Waals surface area contributed by atoms with Crippen LogP contribution in [0.25, 0.3) is 0 Å². The van der Waals surface area contributed by atoms with Crippen LogP contribution in [0, 0.1) is 5.92 Å². The van der Waals surface area contributed by atoms with E-state index in [2.05, 4.69) is 5.32 Å². The van der Waals surface area contributed by atoms with Crippen molar-refractivity contribution >= 4 is 12.1 Å².